The number of nitrogens with one attached hydrogen (secondary N) is 2. The van der Waals surface area contributed by atoms with Crippen LogP contribution in [0.3, 0.4) is 0 Å². The van der Waals surface area contributed by atoms with Crippen molar-refractivity contribution in [2.75, 3.05) is 20.2 Å². The van der Waals surface area contributed by atoms with Crippen molar-refractivity contribution in [3.8, 4) is 5.88 Å². The number of hydrogen-bond acceptors (Lipinski definition) is 3. The maximum Gasteiger partial charge on any atom is 0.390 e. The third kappa shape index (κ3) is 7.38. The van der Waals surface area contributed by atoms with Crippen LogP contribution in [0.1, 0.15) is 18.9 Å². The van der Waals surface area contributed by atoms with E-state index in [1.807, 2.05) is 6.92 Å². The standard InChI is InChI=1S/C13H19F3N4O/c1-3-17-12(19-7-5-13(14,15)16)20-9-10-4-6-18-11(8-10)21-2/h4,6,8H,3,5,7,9H2,1-2H3,(H2,17,19,20). The molecule has 5 nitrogen and oxygen atoms in total. The number of hydrogen-bond donors (Lipinski definition) is 2. The van der Waals surface area contributed by atoms with Crippen LogP contribution in [0.2, 0.25) is 0 Å². The van der Waals surface area contributed by atoms with Gasteiger partial charge in [0, 0.05) is 25.4 Å². The Morgan fingerprint density at radius 3 is 2.76 bits per heavy atom. The molecule has 118 valence electrons. The zero-order valence-corrected chi connectivity index (χ0v) is 12.0. The van der Waals surface area contributed by atoms with Gasteiger partial charge in [0.2, 0.25) is 5.88 Å². The van der Waals surface area contributed by atoms with E-state index in [4.69, 9.17) is 4.74 Å². The molecule has 0 amide bonds. The van der Waals surface area contributed by atoms with E-state index in [1.165, 1.54) is 7.11 Å². The predicted molar refractivity (Wildman–Crippen MR) is 74.3 cm³/mol. The first-order valence-corrected chi connectivity index (χ1v) is 6.52. The highest BCUT2D eigenvalue weighted by Gasteiger charge is 2.26. The summed E-state index contributed by atoms with van der Waals surface area (Å²) in [4.78, 5) is 8.19. The maximum absolute atomic E-state index is 12.1. The number of nitrogens with zero attached hydrogens (tertiary/aromatic N) is 2. The highest BCUT2D eigenvalue weighted by atomic mass is 19.4. The number of guanidine groups is 1. The Labute approximate surface area is 121 Å². The summed E-state index contributed by atoms with van der Waals surface area (Å²) < 4.78 is 41.3. The molecule has 0 aliphatic carbocycles. The molecular weight excluding hydrogens is 285 g/mol. The van der Waals surface area contributed by atoms with Crippen LogP contribution in [0, 0.1) is 0 Å². The fourth-order valence-corrected chi connectivity index (χ4v) is 1.50. The number of methoxy groups -OCH3 is 1. The summed E-state index contributed by atoms with van der Waals surface area (Å²) in [7, 11) is 1.51. The number of aliphatic imine (C=N–C) groups is 1. The molecule has 0 bridgehead atoms. The SMILES string of the molecule is CCNC(=NCc1ccnc(OC)c1)NCCC(F)(F)F. The zero-order chi connectivity index (χ0) is 15.7. The highest BCUT2D eigenvalue weighted by Crippen LogP contribution is 2.18. The van der Waals surface area contributed by atoms with E-state index in [1.54, 1.807) is 18.3 Å². The molecule has 21 heavy (non-hydrogen) atoms. The van der Waals surface area contributed by atoms with Gasteiger partial charge in [0.15, 0.2) is 5.96 Å². The number of halogens is 3. The topological polar surface area (TPSA) is 58.5 Å². The van der Waals surface area contributed by atoms with Crippen molar-refractivity contribution in [2.45, 2.75) is 26.1 Å². The van der Waals surface area contributed by atoms with Crippen LogP contribution in [0.5, 0.6) is 5.88 Å². The van der Waals surface area contributed by atoms with E-state index >= 15 is 0 Å². The lowest BCUT2D eigenvalue weighted by Crippen LogP contribution is -2.38. The Bertz CT molecular complexity index is 463. The molecule has 1 aromatic heterocycles. The summed E-state index contributed by atoms with van der Waals surface area (Å²) >= 11 is 0. The minimum absolute atomic E-state index is 0.213. The van der Waals surface area contributed by atoms with E-state index in [0.29, 0.717) is 24.9 Å². The van der Waals surface area contributed by atoms with Crippen molar-refractivity contribution in [1.82, 2.24) is 15.6 Å². The summed E-state index contributed by atoms with van der Waals surface area (Å²) in [6.45, 7) is 2.52. The van der Waals surface area contributed by atoms with E-state index in [9.17, 15) is 13.2 Å². The molecule has 0 spiro atoms. The monoisotopic (exact) mass is 304 g/mol. The average Bonchev–Trinajstić information content (AvgIpc) is 2.43. The van der Waals surface area contributed by atoms with Crippen LogP contribution < -0.4 is 15.4 Å². The molecule has 0 aliphatic rings. The first-order chi connectivity index (χ1) is 9.94. The molecule has 0 aliphatic heterocycles. The number of aromatic nitrogens is 1. The van der Waals surface area contributed by atoms with Gasteiger partial charge in [-0.25, -0.2) is 9.98 Å². The lowest BCUT2D eigenvalue weighted by atomic mass is 10.3. The Hall–Kier alpha value is -1.99. The van der Waals surface area contributed by atoms with Gasteiger partial charge in [-0.3, -0.25) is 0 Å². The number of pyridine rings is 1. The molecule has 0 aromatic carbocycles. The van der Waals surface area contributed by atoms with Crippen LogP contribution in [-0.2, 0) is 6.54 Å². The van der Waals surface area contributed by atoms with Crippen molar-refractivity contribution < 1.29 is 17.9 Å². The molecule has 0 fully saturated rings. The lowest BCUT2D eigenvalue weighted by molar-refractivity contribution is -0.132. The van der Waals surface area contributed by atoms with Gasteiger partial charge in [0.05, 0.1) is 20.1 Å². The molecule has 0 atom stereocenters. The molecule has 8 heteroatoms. The van der Waals surface area contributed by atoms with Gasteiger partial charge in [-0.15, -0.1) is 0 Å². The van der Waals surface area contributed by atoms with Crippen molar-refractivity contribution >= 4 is 5.96 Å². The average molecular weight is 304 g/mol. The lowest BCUT2D eigenvalue weighted by Gasteiger charge is -2.12. The summed E-state index contributed by atoms with van der Waals surface area (Å²) in [5.74, 6) is 0.815. The van der Waals surface area contributed by atoms with Gasteiger partial charge < -0.3 is 15.4 Å². The van der Waals surface area contributed by atoms with E-state index in [0.717, 1.165) is 5.56 Å². The maximum atomic E-state index is 12.1. The molecule has 0 unspecified atom stereocenters. The van der Waals surface area contributed by atoms with Crippen molar-refractivity contribution in [1.29, 1.82) is 0 Å². The number of alkyl halides is 3. The Morgan fingerprint density at radius 1 is 1.38 bits per heavy atom. The van der Waals surface area contributed by atoms with Gasteiger partial charge in [-0.1, -0.05) is 0 Å². The van der Waals surface area contributed by atoms with Crippen LogP contribution in [0.4, 0.5) is 13.2 Å². The fourth-order valence-electron chi connectivity index (χ4n) is 1.50. The third-order valence-electron chi connectivity index (χ3n) is 2.47. The predicted octanol–water partition coefficient (Wildman–Crippen LogP) is 2.10. The molecular formula is C13H19F3N4O. The van der Waals surface area contributed by atoms with Gasteiger partial charge >= 0.3 is 6.18 Å². The molecule has 2 N–H and O–H groups in total. The van der Waals surface area contributed by atoms with Crippen molar-refractivity contribution in [3.63, 3.8) is 0 Å². The van der Waals surface area contributed by atoms with Gasteiger partial charge in [-0.05, 0) is 18.6 Å². The summed E-state index contributed by atoms with van der Waals surface area (Å²) in [6.07, 6.45) is -3.49. The largest absolute Gasteiger partial charge is 0.481 e. The zero-order valence-electron chi connectivity index (χ0n) is 12.0. The van der Waals surface area contributed by atoms with E-state index < -0.39 is 12.6 Å². The van der Waals surface area contributed by atoms with E-state index in [2.05, 4.69) is 20.6 Å². The van der Waals surface area contributed by atoms with Gasteiger partial charge in [0.25, 0.3) is 0 Å². The first kappa shape index (κ1) is 17.1. The molecule has 1 heterocycles. The summed E-state index contributed by atoms with van der Waals surface area (Å²) in [5, 5.41) is 5.54. The van der Waals surface area contributed by atoms with Crippen LogP contribution in [0.25, 0.3) is 0 Å². The third-order valence-corrected chi connectivity index (χ3v) is 2.47. The molecule has 1 rings (SSSR count). The fraction of sp³-hybridized carbons (Fsp3) is 0.538. The molecule has 0 saturated carbocycles. The smallest absolute Gasteiger partial charge is 0.390 e. The summed E-state index contributed by atoms with van der Waals surface area (Å²) in [5.41, 5.74) is 0.856. The Kier molecular flexibility index (Phi) is 6.77. The van der Waals surface area contributed by atoms with Crippen LogP contribution in [-0.4, -0.2) is 37.3 Å². The second-order valence-electron chi connectivity index (χ2n) is 4.19. The number of rotatable bonds is 6. The first-order valence-electron chi connectivity index (χ1n) is 6.52. The van der Waals surface area contributed by atoms with Crippen LogP contribution in [0.15, 0.2) is 23.3 Å². The summed E-state index contributed by atoms with van der Waals surface area (Å²) in [6, 6.07) is 3.49. The second kappa shape index (κ2) is 8.33. The van der Waals surface area contributed by atoms with Gasteiger partial charge in [-0.2, -0.15) is 13.2 Å². The van der Waals surface area contributed by atoms with Crippen molar-refractivity contribution in [3.05, 3.63) is 23.9 Å². The van der Waals surface area contributed by atoms with Crippen LogP contribution >= 0.6 is 0 Å². The normalized spacial score (nSPS) is 12.1. The van der Waals surface area contributed by atoms with Gasteiger partial charge in [0.1, 0.15) is 0 Å². The molecule has 0 saturated heterocycles. The van der Waals surface area contributed by atoms with Crippen molar-refractivity contribution in [2.24, 2.45) is 4.99 Å². The number of ether oxygens (including phenoxy) is 1. The second-order valence-corrected chi connectivity index (χ2v) is 4.19. The molecule has 1 aromatic rings. The Balaban J connectivity index is 2.58. The quantitative estimate of drug-likeness (QED) is 0.624. The highest BCUT2D eigenvalue weighted by molar-refractivity contribution is 5.79. The Morgan fingerprint density at radius 2 is 2.14 bits per heavy atom. The van der Waals surface area contributed by atoms with E-state index in [-0.39, 0.29) is 6.54 Å². The molecule has 0 radical (unpaired) electrons. The minimum Gasteiger partial charge on any atom is -0.481 e. The minimum atomic E-state index is -4.18.